The lowest BCUT2D eigenvalue weighted by Gasteiger charge is -2.17. The summed E-state index contributed by atoms with van der Waals surface area (Å²) in [7, 11) is 0. The molecule has 16 heavy (non-hydrogen) atoms. The van der Waals surface area contributed by atoms with E-state index in [0.29, 0.717) is 10.0 Å². The molecule has 2 rings (SSSR count). The lowest BCUT2D eigenvalue weighted by Crippen LogP contribution is -2.30. The highest BCUT2D eigenvalue weighted by Gasteiger charge is 2.34. The van der Waals surface area contributed by atoms with E-state index in [9.17, 15) is 0 Å². The van der Waals surface area contributed by atoms with Crippen LogP contribution in [0.2, 0.25) is 10.0 Å². The summed E-state index contributed by atoms with van der Waals surface area (Å²) in [4.78, 5) is 0. The van der Waals surface area contributed by atoms with Gasteiger partial charge in [-0.05, 0) is 19.0 Å². The Balaban J connectivity index is 2.41. The van der Waals surface area contributed by atoms with Gasteiger partial charge in [-0.3, -0.25) is 0 Å². The Morgan fingerprint density at radius 1 is 1.31 bits per heavy atom. The van der Waals surface area contributed by atoms with Gasteiger partial charge >= 0.3 is 0 Å². The number of ether oxygens (including phenoxy) is 1. The van der Waals surface area contributed by atoms with Crippen molar-refractivity contribution in [3.05, 3.63) is 27.7 Å². The first-order valence-corrected chi connectivity index (χ1v) is 6.32. The lowest BCUT2D eigenvalue weighted by molar-refractivity contribution is 0.186. The van der Waals surface area contributed by atoms with E-state index in [1.165, 1.54) is 0 Å². The Kier molecular flexibility index (Phi) is 3.63. The molecule has 2 nitrogen and oxygen atoms in total. The summed E-state index contributed by atoms with van der Waals surface area (Å²) < 4.78 is 5.85. The van der Waals surface area contributed by atoms with Gasteiger partial charge in [0, 0.05) is 5.56 Å². The third kappa shape index (κ3) is 1.90. The smallest absolute Gasteiger partial charge is 0.144 e. The van der Waals surface area contributed by atoms with E-state index in [1.54, 1.807) is 0 Å². The zero-order valence-corrected chi connectivity index (χ0v) is 10.9. The maximum absolute atomic E-state index is 6.14. The number of benzene rings is 1. The van der Waals surface area contributed by atoms with Gasteiger partial charge in [0.1, 0.15) is 16.9 Å². The molecule has 1 aromatic rings. The van der Waals surface area contributed by atoms with Crippen LogP contribution in [0, 0.1) is 0 Å². The van der Waals surface area contributed by atoms with Gasteiger partial charge in [0.25, 0.3) is 0 Å². The highest BCUT2D eigenvalue weighted by Crippen LogP contribution is 2.45. The maximum Gasteiger partial charge on any atom is 0.144 e. The van der Waals surface area contributed by atoms with Crippen LogP contribution in [0.4, 0.5) is 0 Å². The second-order valence-corrected chi connectivity index (χ2v) is 4.66. The average molecular weight is 260 g/mol. The second-order valence-electron chi connectivity index (χ2n) is 3.88. The fourth-order valence-electron chi connectivity index (χ4n) is 2.11. The first kappa shape index (κ1) is 12.0. The molecule has 0 bridgehead atoms. The summed E-state index contributed by atoms with van der Waals surface area (Å²) in [6, 6.07) is 4.04. The molecule has 1 aliphatic rings. The summed E-state index contributed by atoms with van der Waals surface area (Å²) in [6.07, 6.45) is 1.09. The number of nitrogens with one attached hydrogen (secondary N) is 1. The fraction of sp³-hybridized carbons (Fsp3) is 0.500. The van der Waals surface area contributed by atoms with Gasteiger partial charge in [0.2, 0.25) is 0 Å². The van der Waals surface area contributed by atoms with Gasteiger partial charge in [-0.1, -0.05) is 43.1 Å². The largest absolute Gasteiger partial charge is 0.486 e. The Labute approximate surface area is 106 Å². The van der Waals surface area contributed by atoms with Crippen LogP contribution in [0.15, 0.2) is 12.1 Å². The lowest BCUT2D eigenvalue weighted by atomic mass is 10.0. The molecule has 0 aromatic heterocycles. The minimum atomic E-state index is 0.144. The topological polar surface area (TPSA) is 21.3 Å². The molecule has 2 atom stereocenters. The van der Waals surface area contributed by atoms with E-state index < -0.39 is 0 Å². The van der Waals surface area contributed by atoms with Crippen LogP contribution in [0.25, 0.3) is 0 Å². The van der Waals surface area contributed by atoms with Gasteiger partial charge in [-0.2, -0.15) is 0 Å². The quantitative estimate of drug-likeness (QED) is 0.892. The molecule has 0 amide bonds. The molecule has 1 heterocycles. The van der Waals surface area contributed by atoms with Crippen molar-refractivity contribution in [3.63, 3.8) is 0 Å². The molecule has 4 heteroatoms. The monoisotopic (exact) mass is 259 g/mol. The van der Waals surface area contributed by atoms with E-state index in [2.05, 4.69) is 19.2 Å². The van der Waals surface area contributed by atoms with E-state index >= 15 is 0 Å². The second kappa shape index (κ2) is 4.82. The average Bonchev–Trinajstić information content (AvgIpc) is 2.63. The number of hydrogen-bond acceptors (Lipinski definition) is 2. The third-order valence-electron chi connectivity index (χ3n) is 2.88. The van der Waals surface area contributed by atoms with Crippen molar-refractivity contribution in [1.29, 1.82) is 0 Å². The van der Waals surface area contributed by atoms with Gasteiger partial charge < -0.3 is 10.1 Å². The van der Waals surface area contributed by atoms with Gasteiger partial charge in [-0.15, -0.1) is 0 Å². The standard InChI is InChI=1S/C12H15Cl2NO/c1-3-9-11(15-4-2)7-5-6-8(13)10(14)12(7)16-9/h5-6,9,11,15H,3-4H2,1-2H3. The minimum absolute atomic E-state index is 0.144. The summed E-state index contributed by atoms with van der Waals surface area (Å²) in [6.45, 7) is 5.10. The van der Waals surface area contributed by atoms with Crippen molar-refractivity contribution < 1.29 is 4.74 Å². The van der Waals surface area contributed by atoms with E-state index in [0.717, 1.165) is 24.3 Å². The fourth-order valence-corrected chi connectivity index (χ4v) is 2.48. The minimum Gasteiger partial charge on any atom is -0.486 e. The highest BCUT2D eigenvalue weighted by molar-refractivity contribution is 6.43. The molecule has 0 spiro atoms. The van der Waals surface area contributed by atoms with Crippen molar-refractivity contribution in [2.45, 2.75) is 32.4 Å². The summed E-state index contributed by atoms with van der Waals surface area (Å²) >= 11 is 12.1. The molecule has 0 radical (unpaired) electrons. The van der Waals surface area contributed by atoms with Crippen LogP contribution in [0.5, 0.6) is 5.75 Å². The molecule has 1 aliphatic heterocycles. The number of rotatable bonds is 3. The van der Waals surface area contributed by atoms with Gasteiger partial charge in [0.15, 0.2) is 0 Å². The molecular formula is C12H15Cl2NO. The first-order chi connectivity index (χ1) is 7.69. The Bertz CT molecular complexity index is 395. The Morgan fingerprint density at radius 3 is 2.69 bits per heavy atom. The maximum atomic E-state index is 6.14. The molecule has 0 aliphatic carbocycles. The molecule has 1 N–H and O–H groups in total. The van der Waals surface area contributed by atoms with Crippen molar-refractivity contribution in [2.24, 2.45) is 0 Å². The molecule has 0 saturated carbocycles. The zero-order valence-electron chi connectivity index (χ0n) is 9.39. The predicted molar refractivity (Wildman–Crippen MR) is 67.6 cm³/mol. The molecule has 0 saturated heterocycles. The van der Waals surface area contributed by atoms with Crippen molar-refractivity contribution >= 4 is 23.2 Å². The molecule has 0 fully saturated rings. The third-order valence-corrected chi connectivity index (χ3v) is 3.67. The molecule has 1 aromatic carbocycles. The van der Waals surface area contributed by atoms with E-state index in [-0.39, 0.29) is 12.1 Å². The number of fused-ring (bicyclic) bond motifs is 1. The SMILES string of the molecule is CCNC1c2ccc(Cl)c(Cl)c2OC1CC. The van der Waals surface area contributed by atoms with Gasteiger partial charge in [-0.25, -0.2) is 0 Å². The zero-order chi connectivity index (χ0) is 11.7. The highest BCUT2D eigenvalue weighted by atomic mass is 35.5. The number of hydrogen-bond donors (Lipinski definition) is 1. The molecular weight excluding hydrogens is 245 g/mol. The van der Waals surface area contributed by atoms with Gasteiger partial charge in [0.05, 0.1) is 11.1 Å². The Morgan fingerprint density at radius 2 is 2.06 bits per heavy atom. The summed E-state index contributed by atoms with van der Waals surface area (Å²) in [5.74, 6) is 0.743. The van der Waals surface area contributed by atoms with Crippen LogP contribution >= 0.6 is 23.2 Å². The normalized spacial score (nSPS) is 23.0. The van der Waals surface area contributed by atoms with Crippen LogP contribution in [-0.4, -0.2) is 12.6 Å². The van der Waals surface area contributed by atoms with Crippen molar-refractivity contribution in [1.82, 2.24) is 5.32 Å². The first-order valence-electron chi connectivity index (χ1n) is 5.57. The van der Waals surface area contributed by atoms with Crippen molar-refractivity contribution in [2.75, 3.05) is 6.54 Å². The van der Waals surface area contributed by atoms with Crippen LogP contribution < -0.4 is 10.1 Å². The number of halogens is 2. The van der Waals surface area contributed by atoms with Crippen LogP contribution in [-0.2, 0) is 0 Å². The van der Waals surface area contributed by atoms with Crippen LogP contribution in [0.1, 0.15) is 31.9 Å². The van der Waals surface area contributed by atoms with Crippen molar-refractivity contribution in [3.8, 4) is 5.75 Å². The van der Waals surface area contributed by atoms with Crippen LogP contribution in [0.3, 0.4) is 0 Å². The summed E-state index contributed by atoms with van der Waals surface area (Å²) in [5.41, 5.74) is 1.11. The van der Waals surface area contributed by atoms with E-state index in [4.69, 9.17) is 27.9 Å². The Hall–Kier alpha value is -0.440. The summed E-state index contributed by atoms with van der Waals surface area (Å²) in [5, 5.41) is 4.50. The van der Waals surface area contributed by atoms with E-state index in [1.807, 2.05) is 12.1 Å². The number of likely N-dealkylation sites (N-methyl/N-ethyl adjacent to an activating group) is 1. The predicted octanol–water partition coefficient (Wildman–Crippen LogP) is 3.82. The molecule has 88 valence electrons. The molecule has 2 unspecified atom stereocenters.